The molecule has 0 aromatic heterocycles. The first-order chi connectivity index (χ1) is 7.67. The van der Waals surface area contributed by atoms with Crippen LogP contribution in [-0.4, -0.2) is 12.6 Å². The molecule has 2 nitrogen and oxygen atoms in total. The van der Waals surface area contributed by atoms with Crippen LogP contribution in [0.3, 0.4) is 0 Å². The number of rotatable bonds is 3. The van der Waals surface area contributed by atoms with E-state index in [4.69, 9.17) is 4.74 Å². The second kappa shape index (κ2) is 4.99. The average Bonchev–Trinajstić information content (AvgIpc) is 2.19. The quantitative estimate of drug-likeness (QED) is 0.696. The lowest BCUT2D eigenvalue weighted by molar-refractivity contribution is -0.162. The van der Waals surface area contributed by atoms with E-state index in [1.165, 1.54) is 0 Å². The number of carbonyl (C=O) groups is 1. The molecule has 1 fully saturated rings. The van der Waals surface area contributed by atoms with Gasteiger partial charge in [-0.2, -0.15) is 0 Å². The third kappa shape index (κ3) is 3.72. The standard InChI is InChI=1S/C15H28O2/c1-7-15(5,6)12-8-9-17-13(16)11(12)10-14(2,3)4/h11-12H,7-10H2,1-6H3. The molecule has 17 heavy (non-hydrogen) atoms. The summed E-state index contributed by atoms with van der Waals surface area (Å²) in [6.07, 6.45) is 3.07. The summed E-state index contributed by atoms with van der Waals surface area (Å²) in [5.74, 6) is 0.573. The first kappa shape index (κ1) is 14.5. The minimum atomic E-state index is 0.0256. The Morgan fingerprint density at radius 3 is 2.29 bits per heavy atom. The fourth-order valence-corrected chi connectivity index (χ4v) is 2.84. The second-order valence-corrected chi connectivity index (χ2v) is 7.28. The molecule has 0 saturated carbocycles. The van der Waals surface area contributed by atoms with Crippen LogP contribution < -0.4 is 0 Å². The maximum Gasteiger partial charge on any atom is 0.309 e. The number of hydrogen-bond donors (Lipinski definition) is 0. The molecule has 0 spiro atoms. The SMILES string of the molecule is CCC(C)(C)C1CCOC(=O)C1CC(C)(C)C. The summed E-state index contributed by atoms with van der Waals surface area (Å²) in [7, 11) is 0. The van der Waals surface area contributed by atoms with Crippen molar-refractivity contribution in [3.63, 3.8) is 0 Å². The highest BCUT2D eigenvalue weighted by Gasteiger charge is 2.43. The van der Waals surface area contributed by atoms with E-state index in [0.717, 1.165) is 19.3 Å². The van der Waals surface area contributed by atoms with E-state index in [1.54, 1.807) is 0 Å². The van der Waals surface area contributed by atoms with Crippen molar-refractivity contribution in [1.29, 1.82) is 0 Å². The van der Waals surface area contributed by atoms with Crippen LogP contribution >= 0.6 is 0 Å². The molecular weight excluding hydrogens is 212 g/mol. The van der Waals surface area contributed by atoms with Crippen LogP contribution in [0.15, 0.2) is 0 Å². The summed E-state index contributed by atoms with van der Waals surface area (Å²) in [6, 6.07) is 0. The maximum atomic E-state index is 12.0. The fourth-order valence-electron chi connectivity index (χ4n) is 2.84. The zero-order chi connectivity index (χ0) is 13.3. The highest BCUT2D eigenvalue weighted by molar-refractivity contribution is 5.73. The molecule has 1 heterocycles. The Kier molecular flexibility index (Phi) is 4.27. The summed E-state index contributed by atoms with van der Waals surface area (Å²) < 4.78 is 5.27. The van der Waals surface area contributed by atoms with Gasteiger partial charge < -0.3 is 4.74 Å². The molecule has 0 bridgehead atoms. The van der Waals surface area contributed by atoms with Crippen molar-refractivity contribution in [2.45, 2.75) is 60.8 Å². The van der Waals surface area contributed by atoms with Gasteiger partial charge in [0.05, 0.1) is 12.5 Å². The predicted molar refractivity (Wildman–Crippen MR) is 70.7 cm³/mol. The zero-order valence-corrected chi connectivity index (χ0v) is 12.3. The molecule has 1 rings (SSSR count). The number of cyclic esters (lactones) is 1. The lowest BCUT2D eigenvalue weighted by Crippen LogP contribution is -2.42. The molecule has 0 amide bonds. The van der Waals surface area contributed by atoms with E-state index in [1.807, 2.05) is 0 Å². The summed E-state index contributed by atoms with van der Waals surface area (Å²) in [4.78, 5) is 12.0. The van der Waals surface area contributed by atoms with E-state index in [9.17, 15) is 4.79 Å². The minimum absolute atomic E-state index is 0.0256. The first-order valence-corrected chi connectivity index (χ1v) is 6.84. The Bertz CT molecular complexity index is 273. The smallest absolute Gasteiger partial charge is 0.309 e. The van der Waals surface area contributed by atoms with Gasteiger partial charge >= 0.3 is 5.97 Å². The molecule has 0 aromatic carbocycles. The Hall–Kier alpha value is -0.530. The second-order valence-electron chi connectivity index (χ2n) is 7.28. The lowest BCUT2D eigenvalue weighted by Gasteiger charge is -2.42. The lowest BCUT2D eigenvalue weighted by atomic mass is 9.64. The molecular formula is C15H28O2. The molecule has 1 aliphatic rings. The van der Waals surface area contributed by atoms with Crippen molar-refractivity contribution in [3.05, 3.63) is 0 Å². The van der Waals surface area contributed by atoms with Crippen molar-refractivity contribution in [2.24, 2.45) is 22.7 Å². The van der Waals surface area contributed by atoms with Gasteiger partial charge in [0.15, 0.2) is 0 Å². The van der Waals surface area contributed by atoms with Gasteiger partial charge in [0.1, 0.15) is 0 Å². The minimum Gasteiger partial charge on any atom is -0.465 e. The predicted octanol–water partition coefficient (Wildman–Crippen LogP) is 4.04. The van der Waals surface area contributed by atoms with Gasteiger partial charge in [0.25, 0.3) is 0 Å². The van der Waals surface area contributed by atoms with Gasteiger partial charge in [-0.25, -0.2) is 0 Å². The van der Waals surface area contributed by atoms with Crippen LogP contribution in [0.1, 0.15) is 60.8 Å². The van der Waals surface area contributed by atoms with Crippen molar-refractivity contribution < 1.29 is 9.53 Å². The van der Waals surface area contributed by atoms with E-state index >= 15 is 0 Å². The van der Waals surface area contributed by atoms with Crippen LogP contribution in [0.25, 0.3) is 0 Å². The summed E-state index contributed by atoms with van der Waals surface area (Å²) in [6.45, 7) is 14.0. The van der Waals surface area contributed by atoms with Crippen LogP contribution in [0, 0.1) is 22.7 Å². The normalized spacial score (nSPS) is 26.8. The Labute approximate surface area is 106 Å². The number of hydrogen-bond acceptors (Lipinski definition) is 2. The van der Waals surface area contributed by atoms with Gasteiger partial charge in [-0.05, 0) is 29.6 Å². The largest absolute Gasteiger partial charge is 0.465 e. The molecule has 1 aliphatic heterocycles. The molecule has 2 heteroatoms. The summed E-state index contributed by atoms with van der Waals surface area (Å²) >= 11 is 0. The molecule has 100 valence electrons. The van der Waals surface area contributed by atoms with Crippen LogP contribution in [0.4, 0.5) is 0 Å². The number of carbonyl (C=O) groups excluding carboxylic acids is 1. The maximum absolute atomic E-state index is 12.0. The average molecular weight is 240 g/mol. The highest BCUT2D eigenvalue weighted by Crippen LogP contribution is 2.44. The summed E-state index contributed by atoms with van der Waals surface area (Å²) in [5, 5.41) is 0. The third-order valence-electron chi connectivity index (χ3n) is 4.21. The van der Waals surface area contributed by atoms with Crippen molar-refractivity contribution in [1.82, 2.24) is 0 Å². The fraction of sp³-hybridized carbons (Fsp3) is 0.933. The highest BCUT2D eigenvalue weighted by atomic mass is 16.5. The van der Waals surface area contributed by atoms with E-state index in [-0.39, 0.29) is 22.7 Å². The molecule has 1 saturated heterocycles. The van der Waals surface area contributed by atoms with Crippen LogP contribution in [-0.2, 0) is 9.53 Å². The third-order valence-corrected chi connectivity index (χ3v) is 4.21. The van der Waals surface area contributed by atoms with Crippen LogP contribution in [0.2, 0.25) is 0 Å². The molecule has 0 N–H and O–H groups in total. The zero-order valence-electron chi connectivity index (χ0n) is 12.3. The summed E-state index contributed by atoms with van der Waals surface area (Å²) in [5.41, 5.74) is 0.415. The van der Waals surface area contributed by atoms with E-state index < -0.39 is 0 Å². The van der Waals surface area contributed by atoms with Crippen LogP contribution in [0.5, 0.6) is 0 Å². The molecule has 0 aliphatic carbocycles. The Morgan fingerprint density at radius 1 is 1.24 bits per heavy atom. The van der Waals surface area contributed by atoms with Crippen molar-refractivity contribution in [2.75, 3.05) is 6.61 Å². The molecule has 0 radical (unpaired) electrons. The molecule has 0 aromatic rings. The number of esters is 1. The topological polar surface area (TPSA) is 26.3 Å². The van der Waals surface area contributed by atoms with Crippen molar-refractivity contribution in [3.8, 4) is 0 Å². The molecule has 2 unspecified atom stereocenters. The van der Waals surface area contributed by atoms with Gasteiger partial charge in [-0.15, -0.1) is 0 Å². The monoisotopic (exact) mass is 240 g/mol. The van der Waals surface area contributed by atoms with Gasteiger partial charge in [0, 0.05) is 0 Å². The Balaban J connectivity index is 2.89. The van der Waals surface area contributed by atoms with Gasteiger partial charge in [-0.3, -0.25) is 4.79 Å². The molecule has 2 atom stereocenters. The number of ether oxygens (including phenoxy) is 1. The first-order valence-electron chi connectivity index (χ1n) is 6.84. The Morgan fingerprint density at radius 2 is 1.82 bits per heavy atom. The van der Waals surface area contributed by atoms with Gasteiger partial charge in [-0.1, -0.05) is 48.0 Å². The van der Waals surface area contributed by atoms with E-state index in [2.05, 4.69) is 41.5 Å². The van der Waals surface area contributed by atoms with Gasteiger partial charge in [0.2, 0.25) is 0 Å². The van der Waals surface area contributed by atoms with E-state index in [0.29, 0.717) is 12.5 Å². The van der Waals surface area contributed by atoms with Crippen molar-refractivity contribution >= 4 is 5.97 Å².